The van der Waals surface area contributed by atoms with Crippen LogP contribution in [-0.4, -0.2) is 18.6 Å². The molecule has 1 aliphatic heterocycles. The van der Waals surface area contributed by atoms with Crippen LogP contribution in [0.1, 0.15) is 24.0 Å². The van der Waals surface area contributed by atoms with E-state index in [1.165, 1.54) is 12.1 Å². The van der Waals surface area contributed by atoms with Gasteiger partial charge in [-0.3, -0.25) is 0 Å². The van der Waals surface area contributed by atoms with Gasteiger partial charge < -0.3 is 11.1 Å². The van der Waals surface area contributed by atoms with Crippen molar-refractivity contribution in [1.29, 1.82) is 0 Å². The summed E-state index contributed by atoms with van der Waals surface area (Å²) in [4.78, 5) is 0. The summed E-state index contributed by atoms with van der Waals surface area (Å²) in [6.07, 6.45) is -1.82. The van der Waals surface area contributed by atoms with Crippen molar-refractivity contribution in [2.45, 2.75) is 37.5 Å². The second-order valence-electron chi connectivity index (χ2n) is 5.94. The van der Waals surface area contributed by atoms with E-state index in [0.717, 1.165) is 19.4 Å². The van der Waals surface area contributed by atoms with Crippen LogP contribution < -0.4 is 11.1 Å². The van der Waals surface area contributed by atoms with E-state index in [0.29, 0.717) is 23.8 Å². The number of nitrogens with two attached hydrogens (primary N) is 1. The number of halogens is 3. The molecule has 0 amide bonds. The normalized spacial score (nSPS) is 33.4. The molecule has 1 saturated carbocycles. The number of fused-ring (bicyclic) bond motifs is 1. The maximum atomic E-state index is 13.0. The Kier molecular flexibility index (Phi) is 3.50. The Morgan fingerprint density at radius 3 is 2.65 bits per heavy atom. The van der Waals surface area contributed by atoms with Gasteiger partial charge in [-0.25, -0.2) is 0 Å². The highest BCUT2D eigenvalue weighted by Crippen LogP contribution is 2.39. The molecule has 1 aliphatic carbocycles. The van der Waals surface area contributed by atoms with Crippen molar-refractivity contribution in [2.24, 2.45) is 17.6 Å². The first kappa shape index (κ1) is 13.9. The molecule has 0 radical (unpaired) electrons. The van der Waals surface area contributed by atoms with Crippen LogP contribution >= 0.6 is 0 Å². The average Bonchev–Trinajstić information content (AvgIpc) is 2.94. The largest absolute Gasteiger partial charge is 0.416 e. The predicted octanol–water partition coefficient (Wildman–Crippen LogP) is 2.57. The molecule has 1 heterocycles. The SMILES string of the molecule is NC1CCC2C(Cc3ccccc3C(F)(F)F)NCC12. The Morgan fingerprint density at radius 2 is 1.90 bits per heavy atom. The molecule has 4 atom stereocenters. The number of hydrogen-bond donors (Lipinski definition) is 2. The maximum Gasteiger partial charge on any atom is 0.416 e. The third-order valence-electron chi connectivity index (χ3n) is 4.83. The molecule has 2 aliphatic rings. The summed E-state index contributed by atoms with van der Waals surface area (Å²) in [6.45, 7) is 0.838. The smallest absolute Gasteiger partial charge is 0.327 e. The van der Waals surface area contributed by atoms with Gasteiger partial charge in [0.25, 0.3) is 0 Å². The van der Waals surface area contributed by atoms with E-state index < -0.39 is 11.7 Å². The zero-order valence-corrected chi connectivity index (χ0v) is 11.2. The summed E-state index contributed by atoms with van der Waals surface area (Å²) in [6, 6.07) is 6.21. The molecule has 110 valence electrons. The van der Waals surface area contributed by atoms with Crippen LogP contribution in [0, 0.1) is 11.8 Å². The second-order valence-corrected chi connectivity index (χ2v) is 5.94. The van der Waals surface area contributed by atoms with Crippen LogP contribution in [-0.2, 0) is 12.6 Å². The van der Waals surface area contributed by atoms with Gasteiger partial charge in [0, 0.05) is 18.6 Å². The van der Waals surface area contributed by atoms with Crippen molar-refractivity contribution in [1.82, 2.24) is 5.32 Å². The Morgan fingerprint density at radius 1 is 1.15 bits per heavy atom. The van der Waals surface area contributed by atoms with Gasteiger partial charge in [0.2, 0.25) is 0 Å². The lowest BCUT2D eigenvalue weighted by Crippen LogP contribution is -2.30. The standard InChI is InChI=1S/C15H19F3N2/c16-15(17,18)12-4-2-1-3-9(12)7-14-10-5-6-13(19)11(10)8-20-14/h1-4,10-11,13-14,20H,5-8,19H2. The predicted molar refractivity (Wildman–Crippen MR) is 71.1 cm³/mol. The topological polar surface area (TPSA) is 38.0 Å². The minimum absolute atomic E-state index is 0.122. The lowest BCUT2D eigenvalue weighted by atomic mass is 9.88. The highest BCUT2D eigenvalue weighted by Gasteiger charge is 2.44. The first-order valence-corrected chi connectivity index (χ1v) is 7.11. The van der Waals surface area contributed by atoms with Crippen LogP contribution in [0.25, 0.3) is 0 Å². The van der Waals surface area contributed by atoms with Gasteiger partial charge >= 0.3 is 6.18 Å². The molecular weight excluding hydrogens is 265 g/mol. The Balaban J connectivity index is 1.79. The quantitative estimate of drug-likeness (QED) is 0.876. The van der Waals surface area contributed by atoms with Crippen molar-refractivity contribution < 1.29 is 13.2 Å². The highest BCUT2D eigenvalue weighted by atomic mass is 19.4. The van der Waals surface area contributed by atoms with E-state index in [9.17, 15) is 13.2 Å². The Bertz CT molecular complexity index is 486. The molecule has 5 heteroatoms. The van der Waals surface area contributed by atoms with E-state index in [1.54, 1.807) is 12.1 Å². The van der Waals surface area contributed by atoms with Gasteiger partial charge in [-0.05, 0) is 42.7 Å². The van der Waals surface area contributed by atoms with E-state index in [1.807, 2.05) is 0 Å². The number of nitrogens with one attached hydrogen (secondary N) is 1. The molecule has 2 fully saturated rings. The van der Waals surface area contributed by atoms with Crippen LogP contribution in [0.15, 0.2) is 24.3 Å². The zero-order chi connectivity index (χ0) is 14.3. The molecule has 1 saturated heterocycles. The molecule has 20 heavy (non-hydrogen) atoms. The summed E-state index contributed by atoms with van der Waals surface area (Å²) in [5.41, 5.74) is 5.94. The molecule has 3 rings (SSSR count). The second kappa shape index (κ2) is 5.04. The zero-order valence-electron chi connectivity index (χ0n) is 11.2. The van der Waals surface area contributed by atoms with Gasteiger partial charge in [0.05, 0.1) is 5.56 Å². The minimum Gasteiger partial charge on any atom is -0.327 e. The van der Waals surface area contributed by atoms with Crippen LogP contribution in [0.4, 0.5) is 13.2 Å². The lowest BCUT2D eigenvalue weighted by Gasteiger charge is -2.21. The third-order valence-corrected chi connectivity index (χ3v) is 4.83. The van der Waals surface area contributed by atoms with Crippen LogP contribution in [0.2, 0.25) is 0 Å². The fourth-order valence-corrected chi connectivity index (χ4v) is 3.81. The van der Waals surface area contributed by atoms with Crippen molar-refractivity contribution >= 4 is 0 Å². The Hall–Kier alpha value is -1.07. The van der Waals surface area contributed by atoms with Gasteiger partial charge in [-0.1, -0.05) is 18.2 Å². The number of benzene rings is 1. The van der Waals surface area contributed by atoms with Crippen LogP contribution in [0.5, 0.6) is 0 Å². The summed E-state index contributed by atoms with van der Waals surface area (Å²) in [7, 11) is 0. The van der Waals surface area contributed by atoms with Crippen LogP contribution in [0.3, 0.4) is 0 Å². The molecule has 3 N–H and O–H groups in total. The number of rotatable bonds is 2. The minimum atomic E-state index is -4.28. The summed E-state index contributed by atoms with van der Waals surface area (Å²) in [5.74, 6) is 0.851. The molecule has 2 nitrogen and oxygen atoms in total. The van der Waals surface area contributed by atoms with Gasteiger partial charge in [-0.2, -0.15) is 13.2 Å². The van der Waals surface area contributed by atoms with Crippen molar-refractivity contribution in [3.8, 4) is 0 Å². The first-order valence-electron chi connectivity index (χ1n) is 7.11. The molecule has 1 aromatic carbocycles. The van der Waals surface area contributed by atoms with Crippen molar-refractivity contribution in [2.75, 3.05) is 6.54 Å². The number of alkyl halides is 3. The molecule has 0 bridgehead atoms. The van der Waals surface area contributed by atoms with E-state index in [4.69, 9.17) is 5.73 Å². The fraction of sp³-hybridized carbons (Fsp3) is 0.600. The summed E-state index contributed by atoms with van der Waals surface area (Å²) in [5, 5.41) is 3.37. The average molecular weight is 284 g/mol. The molecule has 4 unspecified atom stereocenters. The van der Waals surface area contributed by atoms with E-state index >= 15 is 0 Å². The number of hydrogen-bond acceptors (Lipinski definition) is 2. The molecule has 0 aromatic heterocycles. The fourth-order valence-electron chi connectivity index (χ4n) is 3.81. The highest BCUT2D eigenvalue weighted by molar-refractivity contribution is 5.31. The molecule has 0 spiro atoms. The lowest BCUT2D eigenvalue weighted by molar-refractivity contribution is -0.138. The van der Waals surface area contributed by atoms with Gasteiger partial charge in [0.1, 0.15) is 0 Å². The van der Waals surface area contributed by atoms with Gasteiger partial charge in [0.15, 0.2) is 0 Å². The van der Waals surface area contributed by atoms with Gasteiger partial charge in [-0.15, -0.1) is 0 Å². The third kappa shape index (κ3) is 2.44. The maximum absolute atomic E-state index is 13.0. The first-order chi connectivity index (χ1) is 9.47. The summed E-state index contributed by atoms with van der Waals surface area (Å²) >= 11 is 0. The van der Waals surface area contributed by atoms with E-state index in [-0.39, 0.29) is 12.1 Å². The van der Waals surface area contributed by atoms with Crippen molar-refractivity contribution in [3.05, 3.63) is 35.4 Å². The van der Waals surface area contributed by atoms with E-state index in [2.05, 4.69) is 5.32 Å². The molecular formula is C15H19F3N2. The van der Waals surface area contributed by atoms with Crippen molar-refractivity contribution in [3.63, 3.8) is 0 Å². The summed E-state index contributed by atoms with van der Waals surface area (Å²) < 4.78 is 39.0. The molecule has 1 aromatic rings. The monoisotopic (exact) mass is 284 g/mol. The Labute approximate surface area is 116 Å².